The van der Waals surface area contributed by atoms with E-state index in [1.54, 1.807) is 0 Å². The average molecular weight is 493 g/mol. The molecule has 1 saturated heterocycles. The summed E-state index contributed by atoms with van der Waals surface area (Å²) in [6.45, 7) is 4.67. The lowest BCUT2D eigenvalue weighted by molar-refractivity contribution is 0.234. The monoisotopic (exact) mass is 492 g/mol. The van der Waals surface area contributed by atoms with Crippen molar-refractivity contribution >= 4 is 39.9 Å². The fourth-order valence-corrected chi connectivity index (χ4v) is 4.99. The van der Waals surface area contributed by atoms with Crippen molar-refractivity contribution in [2.24, 2.45) is 0 Å². The van der Waals surface area contributed by atoms with E-state index in [0.29, 0.717) is 10.0 Å². The van der Waals surface area contributed by atoms with Crippen molar-refractivity contribution < 1.29 is 0 Å². The van der Waals surface area contributed by atoms with Crippen molar-refractivity contribution in [1.82, 2.24) is 14.9 Å². The fraction of sp³-hybridized carbons (Fsp3) is 0.321. The topological polar surface area (TPSA) is 35.2 Å². The molecule has 0 aliphatic carbocycles. The molecule has 0 unspecified atom stereocenters. The lowest BCUT2D eigenvalue weighted by Crippen LogP contribution is -2.36. The minimum atomic E-state index is 0.582. The normalized spacial score (nSPS) is 14.6. The van der Waals surface area contributed by atoms with Crippen LogP contribution in [0.3, 0.4) is 0 Å². The van der Waals surface area contributed by atoms with Crippen LogP contribution in [0.25, 0.3) is 22.4 Å². The minimum absolute atomic E-state index is 0.582. The van der Waals surface area contributed by atoms with Crippen molar-refractivity contribution in [3.63, 3.8) is 0 Å². The van der Waals surface area contributed by atoms with Crippen molar-refractivity contribution in [1.29, 1.82) is 0 Å². The number of nitrogens with one attached hydrogen (secondary N) is 1. The molecule has 0 spiro atoms. The minimum Gasteiger partial charge on any atom is -0.373 e. The van der Waals surface area contributed by atoms with Crippen LogP contribution >= 0.6 is 23.2 Å². The number of hydrogen-bond donors (Lipinski definition) is 1. The van der Waals surface area contributed by atoms with Crippen LogP contribution in [-0.2, 0) is 6.42 Å². The van der Waals surface area contributed by atoms with E-state index in [9.17, 15) is 0 Å². The lowest BCUT2D eigenvalue weighted by atomic mass is 10.0. The molecule has 2 heterocycles. The Hall–Kier alpha value is -2.53. The fourth-order valence-electron chi connectivity index (χ4n) is 4.67. The SMILES string of the molecule is CN(CCN1CCCCC1)c1ccc(-c2nc3ccc(Cc4ccc(Cl)c(Cl)c4)cc3[nH]2)cc1. The zero-order valence-corrected chi connectivity index (χ0v) is 21.0. The van der Waals surface area contributed by atoms with E-state index >= 15 is 0 Å². The number of aromatic amines is 1. The maximum Gasteiger partial charge on any atom is 0.138 e. The molecule has 6 heteroatoms. The van der Waals surface area contributed by atoms with Crippen molar-refractivity contribution in [3.8, 4) is 11.4 Å². The van der Waals surface area contributed by atoms with Gasteiger partial charge in [-0.3, -0.25) is 0 Å². The highest BCUT2D eigenvalue weighted by molar-refractivity contribution is 6.42. The third-order valence-corrected chi connectivity index (χ3v) is 7.46. The van der Waals surface area contributed by atoms with Gasteiger partial charge in [0.1, 0.15) is 5.82 Å². The summed E-state index contributed by atoms with van der Waals surface area (Å²) < 4.78 is 0. The first-order chi connectivity index (χ1) is 16.5. The molecule has 3 aromatic carbocycles. The number of likely N-dealkylation sites (N-methyl/N-ethyl adjacent to an activating group) is 1. The van der Waals surface area contributed by atoms with Crippen LogP contribution in [0.4, 0.5) is 5.69 Å². The Balaban J connectivity index is 1.26. The predicted octanol–water partition coefficient (Wildman–Crippen LogP) is 7.05. The maximum atomic E-state index is 6.18. The number of fused-ring (bicyclic) bond motifs is 1. The summed E-state index contributed by atoms with van der Waals surface area (Å²) in [6, 6.07) is 20.8. The van der Waals surface area contributed by atoms with Crippen LogP contribution in [0.1, 0.15) is 30.4 Å². The summed E-state index contributed by atoms with van der Waals surface area (Å²) in [5.41, 5.74) is 6.67. The van der Waals surface area contributed by atoms with Gasteiger partial charge in [-0.1, -0.05) is 41.8 Å². The van der Waals surface area contributed by atoms with Gasteiger partial charge in [0.25, 0.3) is 0 Å². The third-order valence-electron chi connectivity index (χ3n) is 6.72. The highest BCUT2D eigenvalue weighted by Gasteiger charge is 2.12. The molecule has 0 bridgehead atoms. The molecule has 1 aliphatic heterocycles. The van der Waals surface area contributed by atoms with Gasteiger partial charge in [0.05, 0.1) is 21.1 Å². The molecule has 1 aliphatic rings. The molecule has 1 aromatic heterocycles. The molecule has 176 valence electrons. The number of H-pyrrole nitrogens is 1. The first-order valence-electron chi connectivity index (χ1n) is 12.0. The van der Waals surface area contributed by atoms with Gasteiger partial charge >= 0.3 is 0 Å². The zero-order chi connectivity index (χ0) is 23.5. The Morgan fingerprint density at radius 1 is 0.882 bits per heavy atom. The van der Waals surface area contributed by atoms with Gasteiger partial charge in [0.15, 0.2) is 0 Å². The van der Waals surface area contributed by atoms with Gasteiger partial charge < -0.3 is 14.8 Å². The lowest BCUT2D eigenvalue weighted by Gasteiger charge is -2.29. The Morgan fingerprint density at radius 3 is 2.38 bits per heavy atom. The van der Waals surface area contributed by atoms with Gasteiger partial charge in [-0.05, 0) is 92.0 Å². The number of likely N-dealkylation sites (tertiary alicyclic amines) is 1. The number of hydrogen-bond acceptors (Lipinski definition) is 3. The van der Waals surface area contributed by atoms with E-state index < -0.39 is 0 Å². The molecule has 0 saturated carbocycles. The number of piperidine rings is 1. The summed E-state index contributed by atoms with van der Waals surface area (Å²) >= 11 is 12.2. The summed E-state index contributed by atoms with van der Waals surface area (Å²) in [4.78, 5) is 13.2. The Labute approximate surface area is 211 Å². The van der Waals surface area contributed by atoms with Gasteiger partial charge in [0.2, 0.25) is 0 Å². The largest absolute Gasteiger partial charge is 0.373 e. The quantitative estimate of drug-likeness (QED) is 0.300. The molecule has 4 nitrogen and oxygen atoms in total. The number of rotatable bonds is 7. The average Bonchev–Trinajstić information content (AvgIpc) is 3.29. The number of imidazole rings is 1. The zero-order valence-electron chi connectivity index (χ0n) is 19.5. The molecule has 1 N–H and O–H groups in total. The second-order valence-corrected chi connectivity index (χ2v) is 10.0. The highest BCUT2D eigenvalue weighted by Crippen LogP contribution is 2.26. The van der Waals surface area contributed by atoms with Crippen LogP contribution in [0.15, 0.2) is 60.7 Å². The second kappa shape index (κ2) is 10.4. The van der Waals surface area contributed by atoms with Crippen LogP contribution < -0.4 is 4.90 Å². The van der Waals surface area contributed by atoms with Crippen molar-refractivity contribution in [2.75, 3.05) is 38.1 Å². The van der Waals surface area contributed by atoms with Gasteiger partial charge in [-0.25, -0.2) is 4.98 Å². The van der Waals surface area contributed by atoms with E-state index in [-0.39, 0.29) is 0 Å². The number of aromatic nitrogens is 2. The van der Waals surface area contributed by atoms with Crippen LogP contribution in [0.2, 0.25) is 10.0 Å². The number of nitrogens with zero attached hydrogens (tertiary/aromatic N) is 3. The Morgan fingerprint density at radius 2 is 1.62 bits per heavy atom. The van der Waals surface area contributed by atoms with Crippen LogP contribution in [-0.4, -0.2) is 48.1 Å². The molecular formula is C28H30Cl2N4. The number of anilines is 1. The van der Waals surface area contributed by atoms with E-state index in [1.165, 1.54) is 43.6 Å². The smallest absolute Gasteiger partial charge is 0.138 e. The summed E-state index contributed by atoms with van der Waals surface area (Å²) in [5.74, 6) is 0.893. The third kappa shape index (κ3) is 5.41. The van der Waals surface area contributed by atoms with E-state index in [4.69, 9.17) is 28.2 Å². The molecule has 34 heavy (non-hydrogen) atoms. The first-order valence-corrected chi connectivity index (χ1v) is 12.8. The molecule has 0 amide bonds. The molecule has 0 atom stereocenters. The second-order valence-electron chi connectivity index (χ2n) is 9.23. The summed E-state index contributed by atoms with van der Waals surface area (Å²) in [7, 11) is 2.18. The molecule has 1 fully saturated rings. The van der Waals surface area contributed by atoms with Crippen LogP contribution in [0, 0.1) is 0 Å². The van der Waals surface area contributed by atoms with E-state index in [0.717, 1.165) is 47.5 Å². The first kappa shape index (κ1) is 23.2. The maximum absolute atomic E-state index is 6.18. The molecule has 0 radical (unpaired) electrons. The molecule has 4 aromatic rings. The Bertz CT molecular complexity index is 1260. The van der Waals surface area contributed by atoms with E-state index in [1.807, 2.05) is 18.2 Å². The number of halogens is 2. The number of benzene rings is 3. The molecular weight excluding hydrogens is 463 g/mol. The Kier molecular flexibility index (Phi) is 7.10. The van der Waals surface area contributed by atoms with E-state index in [2.05, 4.69) is 64.3 Å². The highest BCUT2D eigenvalue weighted by atomic mass is 35.5. The van der Waals surface area contributed by atoms with Gasteiger partial charge in [0, 0.05) is 31.4 Å². The van der Waals surface area contributed by atoms with Crippen molar-refractivity contribution in [3.05, 3.63) is 81.8 Å². The predicted molar refractivity (Wildman–Crippen MR) is 144 cm³/mol. The molecule has 5 rings (SSSR count). The summed E-state index contributed by atoms with van der Waals surface area (Å²) in [5, 5.41) is 1.17. The van der Waals surface area contributed by atoms with Gasteiger partial charge in [-0.2, -0.15) is 0 Å². The van der Waals surface area contributed by atoms with Crippen molar-refractivity contribution in [2.45, 2.75) is 25.7 Å². The van der Waals surface area contributed by atoms with Gasteiger partial charge in [-0.15, -0.1) is 0 Å². The standard InChI is InChI=1S/C28H30Cl2N4/c1-33(15-16-34-13-3-2-4-14-34)23-9-7-22(8-10-23)28-31-26-12-6-21(19-27(26)32-28)17-20-5-11-24(29)25(30)18-20/h5-12,18-19H,2-4,13-17H2,1H3,(H,31,32). The summed E-state index contributed by atoms with van der Waals surface area (Å²) in [6.07, 6.45) is 4.85. The van der Waals surface area contributed by atoms with Crippen LogP contribution in [0.5, 0.6) is 0 Å².